The number of nitrogens with one attached hydrogen (secondary N) is 2. The van der Waals surface area contributed by atoms with Crippen LogP contribution in [0.2, 0.25) is 0 Å². The smallest absolute Gasteiger partial charge is 0.230 e. The molecule has 2 aliphatic rings. The van der Waals surface area contributed by atoms with E-state index in [0.717, 1.165) is 12.8 Å². The van der Waals surface area contributed by atoms with Crippen LogP contribution in [0.5, 0.6) is 0 Å². The second kappa shape index (κ2) is 3.41. The Hall–Kier alpha value is -0.610. The van der Waals surface area contributed by atoms with Gasteiger partial charge in [0.25, 0.3) is 0 Å². The summed E-state index contributed by atoms with van der Waals surface area (Å²) in [5, 5.41) is 3.50. The number of hydrogen-bond acceptors (Lipinski definition) is 3. The number of piperidine rings is 1. The number of hydroxylamine groups is 1. The Balaban J connectivity index is 1.81. The molecular weight excluding hydrogens is 156 g/mol. The lowest BCUT2D eigenvalue weighted by molar-refractivity contribution is -0.127. The first-order valence-corrected chi connectivity index (χ1v) is 4.49. The lowest BCUT2D eigenvalue weighted by Gasteiger charge is -2.27. The summed E-state index contributed by atoms with van der Waals surface area (Å²) in [7, 11) is 0. The third kappa shape index (κ3) is 1.59. The lowest BCUT2D eigenvalue weighted by Crippen LogP contribution is -2.42. The van der Waals surface area contributed by atoms with E-state index >= 15 is 0 Å². The maximum absolute atomic E-state index is 9.97. The standard InChI is InChI=1S/C8H14N2O2/c11-5-9-12-8-3-6-1-2-7(4-8)10-6/h5-8,10H,1-4H2,(H,9,11). The van der Waals surface area contributed by atoms with Crippen molar-refractivity contribution in [3.63, 3.8) is 0 Å². The Labute approximate surface area is 71.6 Å². The molecule has 2 fully saturated rings. The van der Waals surface area contributed by atoms with Crippen molar-refractivity contribution in [3.8, 4) is 0 Å². The van der Waals surface area contributed by atoms with Crippen LogP contribution >= 0.6 is 0 Å². The highest BCUT2D eigenvalue weighted by Gasteiger charge is 2.34. The van der Waals surface area contributed by atoms with Gasteiger partial charge in [-0.1, -0.05) is 0 Å². The molecule has 0 spiro atoms. The summed E-state index contributed by atoms with van der Waals surface area (Å²) >= 11 is 0. The van der Waals surface area contributed by atoms with Crippen LogP contribution in [0.25, 0.3) is 0 Å². The molecule has 2 unspecified atom stereocenters. The van der Waals surface area contributed by atoms with E-state index in [0.29, 0.717) is 18.5 Å². The molecule has 0 radical (unpaired) electrons. The second-order valence-electron chi connectivity index (χ2n) is 3.58. The summed E-state index contributed by atoms with van der Waals surface area (Å²) in [6.07, 6.45) is 5.37. The molecule has 2 aliphatic heterocycles. The summed E-state index contributed by atoms with van der Waals surface area (Å²) in [4.78, 5) is 15.1. The summed E-state index contributed by atoms with van der Waals surface area (Å²) in [6.45, 7) is 0. The fourth-order valence-corrected chi connectivity index (χ4v) is 2.23. The number of carbonyl (C=O) groups excluding carboxylic acids is 1. The molecule has 4 heteroatoms. The van der Waals surface area contributed by atoms with Gasteiger partial charge in [0.05, 0.1) is 6.10 Å². The van der Waals surface area contributed by atoms with E-state index in [1.807, 2.05) is 0 Å². The summed E-state index contributed by atoms with van der Waals surface area (Å²) in [5.41, 5.74) is 2.28. The van der Waals surface area contributed by atoms with Gasteiger partial charge >= 0.3 is 0 Å². The van der Waals surface area contributed by atoms with Crippen molar-refractivity contribution >= 4 is 6.41 Å². The zero-order chi connectivity index (χ0) is 8.39. The molecule has 2 atom stereocenters. The Kier molecular flexibility index (Phi) is 2.28. The molecule has 2 rings (SSSR count). The molecule has 68 valence electrons. The van der Waals surface area contributed by atoms with Crippen molar-refractivity contribution in [3.05, 3.63) is 0 Å². The number of amides is 1. The van der Waals surface area contributed by atoms with E-state index in [1.54, 1.807) is 0 Å². The molecule has 0 aromatic heterocycles. The fraction of sp³-hybridized carbons (Fsp3) is 0.875. The van der Waals surface area contributed by atoms with E-state index in [2.05, 4.69) is 10.8 Å². The van der Waals surface area contributed by atoms with E-state index in [4.69, 9.17) is 4.84 Å². The van der Waals surface area contributed by atoms with Crippen LogP contribution in [0.1, 0.15) is 25.7 Å². The largest absolute Gasteiger partial charge is 0.311 e. The first-order valence-electron chi connectivity index (χ1n) is 4.49. The molecule has 0 aromatic rings. The molecule has 12 heavy (non-hydrogen) atoms. The second-order valence-corrected chi connectivity index (χ2v) is 3.58. The van der Waals surface area contributed by atoms with Crippen molar-refractivity contribution < 1.29 is 9.63 Å². The monoisotopic (exact) mass is 170 g/mol. The van der Waals surface area contributed by atoms with Crippen LogP contribution in [0, 0.1) is 0 Å². The summed E-state index contributed by atoms with van der Waals surface area (Å²) in [6, 6.07) is 1.23. The fourth-order valence-electron chi connectivity index (χ4n) is 2.23. The first kappa shape index (κ1) is 8.01. The zero-order valence-electron chi connectivity index (χ0n) is 6.95. The molecule has 2 N–H and O–H groups in total. The van der Waals surface area contributed by atoms with Crippen molar-refractivity contribution in [2.45, 2.75) is 43.9 Å². The van der Waals surface area contributed by atoms with Gasteiger partial charge in [0, 0.05) is 12.1 Å². The van der Waals surface area contributed by atoms with Gasteiger partial charge in [-0.25, -0.2) is 5.48 Å². The molecule has 0 aromatic carbocycles. The van der Waals surface area contributed by atoms with Gasteiger partial charge in [-0.15, -0.1) is 0 Å². The van der Waals surface area contributed by atoms with Gasteiger partial charge < -0.3 is 5.32 Å². The van der Waals surface area contributed by atoms with E-state index < -0.39 is 0 Å². The minimum atomic E-state index is 0.217. The molecular formula is C8H14N2O2. The van der Waals surface area contributed by atoms with Gasteiger partial charge in [0.15, 0.2) is 0 Å². The quantitative estimate of drug-likeness (QED) is 0.461. The first-order chi connectivity index (χ1) is 5.88. The third-order valence-electron chi connectivity index (χ3n) is 2.71. The van der Waals surface area contributed by atoms with Crippen molar-refractivity contribution in [1.82, 2.24) is 10.8 Å². The predicted octanol–water partition coefficient (Wildman–Crippen LogP) is -0.0530. The normalized spacial score (nSPS) is 39.5. The highest BCUT2D eigenvalue weighted by molar-refractivity contribution is 5.43. The van der Waals surface area contributed by atoms with Crippen molar-refractivity contribution in [1.29, 1.82) is 0 Å². The number of hydrogen-bond donors (Lipinski definition) is 2. The predicted molar refractivity (Wildman–Crippen MR) is 43.3 cm³/mol. The molecule has 0 aliphatic carbocycles. The van der Waals surface area contributed by atoms with Crippen LogP contribution in [-0.4, -0.2) is 24.6 Å². The molecule has 2 bridgehead atoms. The Morgan fingerprint density at radius 1 is 1.33 bits per heavy atom. The highest BCUT2D eigenvalue weighted by atomic mass is 16.7. The van der Waals surface area contributed by atoms with E-state index in [1.165, 1.54) is 12.8 Å². The minimum Gasteiger partial charge on any atom is -0.311 e. The molecule has 2 saturated heterocycles. The molecule has 0 saturated carbocycles. The van der Waals surface area contributed by atoms with Crippen LogP contribution in [0.3, 0.4) is 0 Å². The lowest BCUT2D eigenvalue weighted by atomic mass is 10.0. The number of fused-ring (bicyclic) bond motifs is 2. The van der Waals surface area contributed by atoms with E-state index in [9.17, 15) is 4.79 Å². The van der Waals surface area contributed by atoms with Crippen LogP contribution in [0.4, 0.5) is 0 Å². The van der Waals surface area contributed by atoms with Crippen LogP contribution < -0.4 is 10.8 Å². The zero-order valence-corrected chi connectivity index (χ0v) is 6.95. The topological polar surface area (TPSA) is 50.4 Å². The molecule has 1 amide bonds. The molecule has 4 nitrogen and oxygen atoms in total. The Morgan fingerprint density at radius 3 is 2.58 bits per heavy atom. The Morgan fingerprint density at radius 2 is 2.00 bits per heavy atom. The summed E-state index contributed by atoms with van der Waals surface area (Å²) < 4.78 is 0. The highest BCUT2D eigenvalue weighted by Crippen LogP contribution is 2.27. The van der Waals surface area contributed by atoms with Gasteiger partial charge in [0.1, 0.15) is 0 Å². The van der Waals surface area contributed by atoms with Gasteiger partial charge in [0.2, 0.25) is 6.41 Å². The number of carbonyl (C=O) groups is 1. The average Bonchev–Trinajstić information content (AvgIpc) is 2.42. The van der Waals surface area contributed by atoms with Crippen LogP contribution in [-0.2, 0) is 9.63 Å². The number of rotatable bonds is 3. The van der Waals surface area contributed by atoms with Crippen molar-refractivity contribution in [2.75, 3.05) is 0 Å². The van der Waals surface area contributed by atoms with Crippen molar-refractivity contribution in [2.24, 2.45) is 0 Å². The van der Waals surface area contributed by atoms with Gasteiger partial charge in [-0.3, -0.25) is 9.63 Å². The van der Waals surface area contributed by atoms with Gasteiger partial charge in [-0.05, 0) is 25.7 Å². The molecule has 2 heterocycles. The SMILES string of the molecule is O=CNOC1CC2CCC(C1)N2. The maximum atomic E-state index is 9.97. The average molecular weight is 170 g/mol. The Bertz CT molecular complexity index is 162. The maximum Gasteiger partial charge on any atom is 0.230 e. The third-order valence-corrected chi connectivity index (χ3v) is 2.71. The van der Waals surface area contributed by atoms with Gasteiger partial charge in [-0.2, -0.15) is 0 Å². The van der Waals surface area contributed by atoms with E-state index in [-0.39, 0.29) is 6.10 Å². The van der Waals surface area contributed by atoms with Crippen LogP contribution in [0.15, 0.2) is 0 Å². The minimum absolute atomic E-state index is 0.217. The summed E-state index contributed by atoms with van der Waals surface area (Å²) in [5.74, 6) is 0.